The Bertz CT molecular complexity index is 507. The third kappa shape index (κ3) is 3.04. The maximum absolute atomic E-state index is 14.2. The molecule has 2 atom stereocenters. The van der Waals surface area contributed by atoms with E-state index < -0.39 is 6.04 Å². The number of likely N-dealkylation sites (tertiary alicyclic amines) is 1. The summed E-state index contributed by atoms with van der Waals surface area (Å²) in [5.74, 6) is -0.258. The van der Waals surface area contributed by atoms with Gasteiger partial charge in [-0.25, -0.2) is 4.39 Å². The molecule has 20 heavy (non-hydrogen) atoms. The molecule has 1 aromatic rings. The van der Waals surface area contributed by atoms with Crippen LogP contribution in [0, 0.1) is 5.82 Å². The molecule has 1 aliphatic rings. The summed E-state index contributed by atoms with van der Waals surface area (Å²) >= 11 is 3.36. The van der Waals surface area contributed by atoms with Gasteiger partial charge in [0, 0.05) is 28.5 Å². The van der Waals surface area contributed by atoms with Gasteiger partial charge in [-0.15, -0.1) is 0 Å². The van der Waals surface area contributed by atoms with Crippen LogP contribution in [0.4, 0.5) is 4.39 Å². The SMILES string of the molecule is CC(C)N1C(=O)CCCC(N)C1c1cc(Br)ccc1F. The number of carbonyl (C=O) groups is 1. The Morgan fingerprint density at radius 2 is 2.15 bits per heavy atom. The lowest BCUT2D eigenvalue weighted by Crippen LogP contribution is -2.46. The van der Waals surface area contributed by atoms with E-state index in [1.165, 1.54) is 6.07 Å². The lowest BCUT2D eigenvalue weighted by Gasteiger charge is -2.37. The van der Waals surface area contributed by atoms with Crippen molar-refractivity contribution in [3.63, 3.8) is 0 Å². The van der Waals surface area contributed by atoms with Crippen molar-refractivity contribution in [1.29, 1.82) is 0 Å². The van der Waals surface area contributed by atoms with Crippen LogP contribution in [0.5, 0.6) is 0 Å². The molecule has 0 aliphatic carbocycles. The third-order valence-electron chi connectivity index (χ3n) is 3.75. The number of benzene rings is 1. The van der Waals surface area contributed by atoms with Gasteiger partial charge in [0.2, 0.25) is 5.91 Å². The first-order valence-corrected chi connectivity index (χ1v) is 7.72. The largest absolute Gasteiger partial charge is 0.332 e. The molecule has 5 heteroatoms. The van der Waals surface area contributed by atoms with Crippen LogP contribution in [0.25, 0.3) is 0 Å². The Balaban J connectivity index is 2.51. The van der Waals surface area contributed by atoms with Crippen molar-refractivity contribution in [2.45, 2.75) is 51.2 Å². The molecule has 1 amide bonds. The first kappa shape index (κ1) is 15.4. The zero-order chi connectivity index (χ0) is 14.9. The van der Waals surface area contributed by atoms with E-state index >= 15 is 0 Å². The number of hydrogen-bond donors (Lipinski definition) is 1. The van der Waals surface area contributed by atoms with E-state index in [1.807, 2.05) is 13.8 Å². The zero-order valence-corrected chi connectivity index (χ0v) is 13.4. The quantitative estimate of drug-likeness (QED) is 0.895. The van der Waals surface area contributed by atoms with Gasteiger partial charge in [0.1, 0.15) is 5.82 Å². The van der Waals surface area contributed by atoms with Gasteiger partial charge in [0.25, 0.3) is 0 Å². The van der Waals surface area contributed by atoms with E-state index in [4.69, 9.17) is 5.73 Å². The molecule has 2 unspecified atom stereocenters. The summed E-state index contributed by atoms with van der Waals surface area (Å²) in [4.78, 5) is 14.1. The van der Waals surface area contributed by atoms with Gasteiger partial charge in [-0.05, 0) is 44.9 Å². The molecular formula is C15H20BrFN2O. The van der Waals surface area contributed by atoms with Crippen LogP contribution >= 0.6 is 15.9 Å². The maximum Gasteiger partial charge on any atom is 0.223 e. The normalized spacial score (nSPS) is 24.1. The van der Waals surface area contributed by atoms with Crippen LogP contribution in [0.15, 0.2) is 22.7 Å². The van der Waals surface area contributed by atoms with Crippen LogP contribution in [0.2, 0.25) is 0 Å². The second-order valence-electron chi connectivity index (χ2n) is 5.56. The second kappa shape index (κ2) is 6.22. The molecule has 0 bridgehead atoms. The Hall–Kier alpha value is -0.940. The number of nitrogens with zero attached hydrogens (tertiary/aromatic N) is 1. The highest BCUT2D eigenvalue weighted by atomic mass is 79.9. The summed E-state index contributed by atoms with van der Waals surface area (Å²) in [7, 11) is 0. The lowest BCUT2D eigenvalue weighted by atomic mass is 9.95. The average molecular weight is 343 g/mol. The highest BCUT2D eigenvalue weighted by Gasteiger charge is 2.35. The van der Waals surface area contributed by atoms with Crippen LogP contribution in [0.1, 0.15) is 44.7 Å². The lowest BCUT2D eigenvalue weighted by molar-refractivity contribution is -0.135. The van der Waals surface area contributed by atoms with Crippen LogP contribution < -0.4 is 5.73 Å². The van der Waals surface area contributed by atoms with Crippen molar-refractivity contribution in [2.24, 2.45) is 5.73 Å². The van der Waals surface area contributed by atoms with Crippen LogP contribution in [-0.4, -0.2) is 22.9 Å². The Labute approximate surface area is 127 Å². The Kier molecular flexibility index (Phi) is 4.81. The minimum absolute atomic E-state index is 0.00460. The smallest absolute Gasteiger partial charge is 0.223 e. The Morgan fingerprint density at radius 3 is 2.80 bits per heavy atom. The molecule has 0 aromatic heterocycles. The topological polar surface area (TPSA) is 46.3 Å². The number of halogens is 2. The summed E-state index contributed by atoms with van der Waals surface area (Å²) in [6.45, 7) is 3.89. The molecule has 1 aliphatic heterocycles. The Morgan fingerprint density at radius 1 is 1.45 bits per heavy atom. The van der Waals surface area contributed by atoms with E-state index in [0.717, 1.165) is 17.3 Å². The molecule has 1 aromatic carbocycles. The molecule has 1 fully saturated rings. The van der Waals surface area contributed by atoms with Gasteiger partial charge in [0.05, 0.1) is 6.04 Å². The molecule has 1 saturated heterocycles. The van der Waals surface area contributed by atoms with Crippen molar-refractivity contribution >= 4 is 21.8 Å². The zero-order valence-electron chi connectivity index (χ0n) is 11.8. The molecule has 2 rings (SSSR count). The number of amides is 1. The maximum atomic E-state index is 14.2. The standard InChI is InChI=1S/C15H20BrFN2O/c1-9(2)19-14(20)5-3-4-13(18)15(19)11-8-10(16)6-7-12(11)17/h6-9,13,15H,3-5,18H2,1-2H3. The molecule has 110 valence electrons. The first-order valence-electron chi connectivity index (χ1n) is 6.93. The molecule has 2 N–H and O–H groups in total. The van der Waals surface area contributed by atoms with Crippen LogP contribution in [-0.2, 0) is 4.79 Å². The third-order valence-corrected chi connectivity index (χ3v) is 4.25. The number of nitrogens with two attached hydrogens (primary N) is 1. The predicted molar refractivity (Wildman–Crippen MR) is 80.6 cm³/mol. The molecule has 0 radical (unpaired) electrons. The predicted octanol–water partition coefficient (Wildman–Crippen LogP) is 3.38. The summed E-state index contributed by atoms with van der Waals surface area (Å²) in [5.41, 5.74) is 6.74. The monoisotopic (exact) mass is 342 g/mol. The van der Waals surface area contributed by atoms with Crippen molar-refractivity contribution in [3.05, 3.63) is 34.1 Å². The van der Waals surface area contributed by atoms with Gasteiger partial charge >= 0.3 is 0 Å². The minimum Gasteiger partial charge on any atom is -0.332 e. The molecule has 0 saturated carbocycles. The molecule has 1 heterocycles. The van der Waals surface area contributed by atoms with Gasteiger partial charge < -0.3 is 10.6 Å². The van der Waals surface area contributed by atoms with Crippen molar-refractivity contribution in [3.8, 4) is 0 Å². The van der Waals surface area contributed by atoms with E-state index in [1.54, 1.807) is 17.0 Å². The van der Waals surface area contributed by atoms with Gasteiger partial charge in [-0.2, -0.15) is 0 Å². The summed E-state index contributed by atoms with van der Waals surface area (Å²) in [6.07, 6.45) is 1.97. The fraction of sp³-hybridized carbons (Fsp3) is 0.533. The number of hydrogen-bond acceptors (Lipinski definition) is 2. The molecule has 0 spiro atoms. The average Bonchev–Trinajstić information content (AvgIpc) is 2.51. The summed E-state index contributed by atoms with van der Waals surface area (Å²) < 4.78 is 15.0. The number of rotatable bonds is 2. The highest BCUT2D eigenvalue weighted by molar-refractivity contribution is 9.10. The van der Waals surface area contributed by atoms with E-state index in [-0.39, 0.29) is 23.8 Å². The second-order valence-corrected chi connectivity index (χ2v) is 6.48. The van der Waals surface area contributed by atoms with E-state index in [2.05, 4.69) is 15.9 Å². The minimum atomic E-state index is -0.400. The number of carbonyl (C=O) groups excluding carboxylic acids is 1. The first-order chi connectivity index (χ1) is 9.41. The van der Waals surface area contributed by atoms with Crippen molar-refractivity contribution in [1.82, 2.24) is 4.90 Å². The fourth-order valence-corrected chi connectivity index (χ4v) is 3.25. The summed E-state index contributed by atoms with van der Waals surface area (Å²) in [6, 6.07) is 4.15. The van der Waals surface area contributed by atoms with Crippen molar-refractivity contribution in [2.75, 3.05) is 0 Å². The van der Waals surface area contributed by atoms with E-state index in [9.17, 15) is 9.18 Å². The van der Waals surface area contributed by atoms with Crippen molar-refractivity contribution < 1.29 is 9.18 Å². The fourth-order valence-electron chi connectivity index (χ4n) is 2.87. The van der Waals surface area contributed by atoms with Gasteiger partial charge in [0.15, 0.2) is 0 Å². The highest BCUT2D eigenvalue weighted by Crippen LogP contribution is 2.34. The van der Waals surface area contributed by atoms with Gasteiger partial charge in [-0.1, -0.05) is 15.9 Å². The van der Waals surface area contributed by atoms with Crippen LogP contribution in [0.3, 0.4) is 0 Å². The molecular weight excluding hydrogens is 323 g/mol. The van der Waals surface area contributed by atoms with E-state index in [0.29, 0.717) is 12.0 Å². The van der Waals surface area contributed by atoms with Gasteiger partial charge in [-0.3, -0.25) is 4.79 Å². The summed E-state index contributed by atoms with van der Waals surface area (Å²) in [5, 5.41) is 0. The molecule has 3 nitrogen and oxygen atoms in total.